The van der Waals surface area contributed by atoms with Crippen LogP contribution in [-0.4, -0.2) is 18.5 Å². The number of benzene rings is 1. The molecule has 0 heterocycles. The number of amides is 1. The van der Waals surface area contributed by atoms with Gasteiger partial charge in [0.2, 0.25) is 5.91 Å². The Balaban J connectivity index is 1.97. The van der Waals surface area contributed by atoms with Crippen LogP contribution in [0.2, 0.25) is 0 Å². The van der Waals surface area contributed by atoms with Gasteiger partial charge in [-0.3, -0.25) is 4.79 Å². The highest BCUT2D eigenvalue weighted by molar-refractivity contribution is 5.96. The molecule has 102 valence electrons. The van der Waals surface area contributed by atoms with Crippen molar-refractivity contribution < 1.29 is 14.3 Å². The molecule has 1 amide bonds. The van der Waals surface area contributed by atoms with Crippen molar-refractivity contribution in [3.8, 4) is 0 Å². The van der Waals surface area contributed by atoms with Crippen LogP contribution >= 0.6 is 0 Å². The van der Waals surface area contributed by atoms with Crippen LogP contribution < -0.4 is 5.32 Å². The summed E-state index contributed by atoms with van der Waals surface area (Å²) < 4.78 is 5.16. The maximum absolute atomic E-state index is 11.8. The summed E-state index contributed by atoms with van der Waals surface area (Å²) in [6.45, 7) is 4.37. The van der Waals surface area contributed by atoms with E-state index in [2.05, 4.69) is 5.32 Å². The zero-order valence-corrected chi connectivity index (χ0v) is 11.3. The smallest absolute Gasteiger partial charge is 0.338 e. The van der Waals surface area contributed by atoms with Crippen LogP contribution in [0.1, 0.15) is 37.0 Å². The first-order valence-corrected chi connectivity index (χ1v) is 6.64. The lowest BCUT2D eigenvalue weighted by Gasteiger charge is -2.09. The van der Waals surface area contributed by atoms with Gasteiger partial charge in [-0.2, -0.15) is 0 Å². The Labute approximate surface area is 113 Å². The first-order chi connectivity index (χ1) is 9.06. The molecule has 1 aromatic rings. The SMILES string of the molecule is CC(C)COC(=O)c1cccc(NC(=O)C2CC2)c1. The maximum Gasteiger partial charge on any atom is 0.338 e. The molecule has 4 heteroatoms. The topological polar surface area (TPSA) is 55.4 Å². The van der Waals surface area contributed by atoms with Crippen molar-refractivity contribution in [2.45, 2.75) is 26.7 Å². The molecule has 1 aromatic carbocycles. The van der Waals surface area contributed by atoms with Crippen molar-refractivity contribution in [2.24, 2.45) is 11.8 Å². The van der Waals surface area contributed by atoms with Gasteiger partial charge < -0.3 is 10.1 Å². The number of carbonyl (C=O) groups is 2. The van der Waals surface area contributed by atoms with Gasteiger partial charge in [0, 0.05) is 11.6 Å². The number of anilines is 1. The quantitative estimate of drug-likeness (QED) is 0.829. The first-order valence-electron chi connectivity index (χ1n) is 6.64. The van der Waals surface area contributed by atoms with E-state index in [1.807, 2.05) is 13.8 Å². The van der Waals surface area contributed by atoms with Crippen molar-refractivity contribution in [1.82, 2.24) is 0 Å². The molecule has 1 saturated carbocycles. The Kier molecular flexibility index (Phi) is 4.20. The third-order valence-corrected chi connectivity index (χ3v) is 2.86. The Hall–Kier alpha value is -1.84. The molecule has 1 aliphatic rings. The summed E-state index contributed by atoms with van der Waals surface area (Å²) >= 11 is 0. The van der Waals surface area contributed by atoms with E-state index in [1.54, 1.807) is 24.3 Å². The summed E-state index contributed by atoms with van der Waals surface area (Å²) in [6, 6.07) is 6.87. The van der Waals surface area contributed by atoms with Crippen molar-refractivity contribution >= 4 is 17.6 Å². The van der Waals surface area contributed by atoms with Gasteiger partial charge in [0.15, 0.2) is 0 Å². The van der Waals surface area contributed by atoms with E-state index in [0.29, 0.717) is 23.8 Å². The molecule has 0 radical (unpaired) electrons. The fraction of sp³-hybridized carbons (Fsp3) is 0.467. The number of nitrogens with one attached hydrogen (secondary N) is 1. The van der Waals surface area contributed by atoms with Gasteiger partial charge in [-0.05, 0) is 37.0 Å². The predicted octanol–water partition coefficient (Wildman–Crippen LogP) is 2.85. The van der Waals surface area contributed by atoms with E-state index in [0.717, 1.165) is 12.8 Å². The molecule has 0 bridgehead atoms. The molecule has 19 heavy (non-hydrogen) atoms. The van der Waals surface area contributed by atoms with E-state index in [-0.39, 0.29) is 17.8 Å². The van der Waals surface area contributed by atoms with Crippen molar-refractivity contribution in [2.75, 3.05) is 11.9 Å². The van der Waals surface area contributed by atoms with Gasteiger partial charge in [0.1, 0.15) is 0 Å². The minimum Gasteiger partial charge on any atom is -0.462 e. The molecular weight excluding hydrogens is 242 g/mol. The Bertz CT molecular complexity index is 478. The molecule has 2 rings (SSSR count). The van der Waals surface area contributed by atoms with E-state index >= 15 is 0 Å². The summed E-state index contributed by atoms with van der Waals surface area (Å²) in [6.07, 6.45) is 1.92. The van der Waals surface area contributed by atoms with E-state index in [9.17, 15) is 9.59 Å². The number of carbonyl (C=O) groups excluding carboxylic acids is 2. The van der Waals surface area contributed by atoms with Crippen LogP contribution in [0.3, 0.4) is 0 Å². The monoisotopic (exact) mass is 261 g/mol. The average Bonchev–Trinajstić information content (AvgIpc) is 3.20. The maximum atomic E-state index is 11.8. The average molecular weight is 261 g/mol. The minimum absolute atomic E-state index is 0.0349. The Morgan fingerprint density at radius 3 is 2.74 bits per heavy atom. The van der Waals surface area contributed by atoms with E-state index < -0.39 is 0 Å². The van der Waals surface area contributed by atoms with Gasteiger partial charge in [-0.1, -0.05) is 19.9 Å². The fourth-order valence-electron chi connectivity index (χ4n) is 1.64. The van der Waals surface area contributed by atoms with E-state index in [1.165, 1.54) is 0 Å². The zero-order chi connectivity index (χ0) is 13.8. The highest BCUT2D eigenvalue weighted by atomic mass is 16.5. The second-order valence-corrected chi connectivity index (χ2v) is 5.34. The summed E-state index contributed by atoms with van der Waals surface area (Å²) in [5.41, 5.74) is 1.12. The molecule has 1 aliphatic carbocycles. The third kappa shape index (κ3) is 4.09. The third-order valence-electron chi connectivity index (χ3n) is 2.86. The number of hydrogen-bond donors (Lipinski definition) is 1. The molecule has 0 spiro atoms. The van der Waals surface area contributed by atoms with Crippen LogP contribution in [-0.2, 0) is 9.53 Å². The van der Waals surface area contributed by atoms with Gasteiger partial charge in [0.25, 0.3) is 0 Å². The highest BCUT2D eigenvalue weighted by Gasteiger charge is 2.29. The molecular formula is C15H19NO3. The van der Waals surface area contributed by atoms with E-state index in [4.69, 9.17) is 4.74 Å². The van der Waals surface area contributed by atoms with Crippen LogP contribution in [0.15, 0.2) is 24.3 Å². The predicted molar refractivity (Wildman–Crippen MR) is 72.9 cm³/mol. The van der Waals surface area contributed by atoms with Gasteiger partial charge in [-0.15, -0.1) is 0 Å². The highest BCUT2D eigenvalue weighted by Crippen LogP contribution is 2.30. The number of ether oxygens (including phenoxy) is 1. The second kappa shape index (κ2) is 5.87. The summed E-state index contributed by atoms with van der Waals surface area (Å²) in [4.78, 5) is 23.4. The normalized spacial score (nSPS) is 14.3. The number of rotatable bonds is 5. The molecule has 0 atom stereocenters. The fourth-order valence-corrected chi connectivity index (χ4v) is 1.64. The van der Waals surface area contributed by atoms with Gasteiger partial charge in [-0.25, -0.2) is 4.79 Å². The summed E-state index contributed by atoms with van der Waals surface area (Å²) in [7, 11) is 0. The Morgan fingerprint density at radius 2 is 2.11 bits per heavy atom. The van der Waals surface area contributed by atoms with Gasteiger partial charge >= 0.3 is 5.97 Å². The van der Waals surface area contributed by atoms with Crippen molar-refractivity contribution in [3.05, 3.63) is 29.8 Å². The minimum atomic E-state index is -0.351. The summed E-state index contributed by atoms with van der Waals surface area (Å²) in [5, 5.41) is 2.82. The molecule has 4 nitrogen and oxygen atoms in total. The molecule has 1 fully saturated rings. The zero-order valence-electron chi connectivity index (χ0n) is 11.3. The van der Waals surface area contributed by atoms with Crippen molar-refractivity contribution in [3.63, 3.8) is 0 Å². The van der Waals surface area contributed by atoms with Crippen LogP contribution in [0, 0.1) is 11.8 Å². The molecule has 0 unspecified atom stereocenters. The summed E-state index contributed by atoms with van der Waals surface area (Å²) in [5.74, 6) is 0.141. The number of esters is 1. The van der Waals surface area contributed by atoms with Crippen LogP contribution in [0.25, 0.3) is 0 Å². The molecule has 1 N–H and O–H groups in total. The lowest BCUT2D eigenvalue weighted by molar-refractivity contribution is -0.117. The number of hydrogen-bond acceptors (Lipinski definition) is 3. The Morgan fingerprint density at radius 1 is 1.37 bits per heavy atom. The molecule has 0 aliphatic heterocycles. The first kappa shape index (κ1) is 13.6. The lowest BCUT2D eigenvalue weighted by Crippen LogP contribution is -2.14. The van der Waals surface area contributed by atoms with Crippen molar-refractivity contribution in [1.29, 1.82) is 0 Å². The lowest BCUT2D eigenvalue weighted by atomic mass is 10.2. The second-order valence-electron chi connectivity index (χ2n) is 5.34. The largest absolute Gasteiger partial charge is 0.462 e. The van der Waals surface area contributed by atoms with Crippen LogP contribution in [0.4, 0.5) is 5.69 Å². The van der Waals surface area contributed by atoms with Crippen LogP contribution in [0.5, 0.6) is 0 Å². The molecule has 0 saturated heterocycles. The standard InChI is InChI=1S/C15H19NO3/c1-10(2)9-19-15(18)12-4-3-5-13(8-12)16-14(17)11-6-7-11/h3-5,8,10-11H,6-7,9H2,1-2H3,(H,16,17). The van der Waals surface area contributed by atoms with Gasteiger partial charge in [0.05, 0.1) is 12.2 Å². The molecule has 0 aromatic heterocycles.